The van der Waals surface area contributed by atoms with Crippen LogP contribution in [0.3, 0.4) is 0 Å². The Morgan fingerprint density at radius 1 is 1.11 bits per heavy atom. The van der Waals surface area contributed by atoms with Crippen molar-refractivity contribution < 1.29 is 32.5 Å². The number of hydrogen-bond donors (Lipinski definition) is 2. The molecule has 10 heteroatoms. The van der Waals surface area contributed by atoms with Crippen LogP contribution in [0.5, 0.6) is 0 Å². The number of esters is 1. The van der Waals surface area contributed by atoms with Crippen molar-refractivity contribution in [1.82, 2.24) is 5.32 Å². The van der Waals surface area contributed by atoms with Gasteiger partial charge in [-0.3, -0.25) is 10.1 Å². The molecule has 144 valence electrons. The van der Waals surface area contributed by atoms with Crippen molar-refractivity contribution in [1.29, 1.82) is 0 Å². The molecule has 6 nitrogen and oxygen atoms in total. The number of aryl methyl sites for hydroxylation is 1. The van der Waals surface area contributed by atoms with Gasteiger partial charge in [0.05, 0.1) is 11.6 Å². The third-order valence-electron chi connectivity index (χ3n) is 3.63. The lowest BCUT2D eigenvalue weighted by Gasteiger charge is -2.30. The first-order chi connectivity index (χ1) is 12.6. The lowest BCUT2D eigenvalue weighted by molar-refractivity contribution is -0.363. The first-order valence-electron chi connectivity index (χ1n) is 7.59. The Bertz CT molecular complexity index is 826. The Balaban J connectivity index is 2.46. The van der Waals surface area contributed by atoms with Crippen LogP contribution < -0.4 is 15.6 Å². The smallest absolute Gasteiger partial charge is 0.464 e. The number of amides is 1. The molecule has 0 radical (unpaired) electrons. The van der Waals surface area contributed by atoms with Gasteiger partial charge in [-0.1, -0.05) is 17.7 Å². The highest BCUT2D eigenvalue weighted by Gasteiger charge is 2.67. The maximum Gasteiger partial charge on any atom is 0.464 e. The molecule has 1 heterocycles. The Hall–Kier alpha value is -2.62. The van der Waals surface area contributed by atoms with E-state index in [1.807, 2.05) is 5.32 Å². The predicted octanol–water partition coefficient (Wildman–Crippen LogP) is 2.85. The molecule has 3 N–H and O–H groups in total. The van der Waals surface area contributed by atoms with Gasteiger partial charge in [0.15, 0.2) is 0 Å². The second-order valence-corrected chi connectivity index (χ2v) is 6.52. The van der Waals surface area contributed by atoms with E-state index in [0.29, 0.717) is 4.47 Å². The maximum atomic E-state index is 13.9. The van der Waals surface area contributed by atoms with Crippen LogP contribution in [0.2, 0.25) is 0 Å². The SMILES string of the molecule is COC(=O)[C@@](NC(=O)c1ccc(C)cc1)(Nc1ccc(Br)c[nH+]1)C(F)(F)F. The molecule has 0 aliphatic heterocycles. The molecule has 1 aromatic heterocycles. The summed E-state index contributed by atoms with van der Waals surface area (Å²) in [5.41, 5.74) is -2.71. The van der Waals surface area contributed by atoms with E-state index in [1.165, 1.54) is 30.5 Å². The minimum atomic E-state index is -5.21. The van der Waals surface area contributed by atoms with Gasteiger partial charge in [-0.05, 0) is 41.1 Å². The van der Waals surface area contributed by atoms with Crippen LogP contribution in [0.15, 0.2) is 47.1 Å². The summed E-state index contributed by atoms with van der Waals surface area (Å²) in [7, 11) is 0.799. The fourth-order valence-corrected chi connectivity index (χ4v) is 2.42. The molecule has 0 fully saturated rings. The maximum absolute atomic E-state index is 13.9. The van der Waals surface area contributed by atoms with Gasteiger partial charge in [-0.25, -0.2) is 15.1 Å². The van der Waals surface area contributed by atoms with Crippen molar-refractivity contribution >= 4 is 33.6 Å². The molecule has 0 aliphatic rings. The summed E-state index contributed by atoms with van der Waals surface area (Å²) in [6.07, 6.45) is -3.84. The molecule has 1 atom stereocenters. The van der Waals surface area contributed by atoms with Crippen LogP contribution in [0.25, 0.3) is 0 Å². The van der Waals surface area contributed by atoms with E-state index in [9.17, 15) is 22.8 Å². The molecule has 0 unspecified atom stereocenters. The summed E-state index contributed by atoms with van der Waals surface area (Å²) >= 11 is 3.14. The first-order valence-corrected chi connectivity index (χ1v) is 8.38. The summed E-state index contributed by atoms with van der Waals surface area (Å²) in [5, 5.41) is 3.75. The van der Waals surface area contributed by atoms with Crippen LogP contribution >= 0.6 is 15.9 Å². The fourth-order valence-electron chi connectivity index (χ4n) is 2.18. The fraction of sp³-hybridized carbons (Fsp3) is 0.235. The average molecular weight is 447 g/mol. The number of alkyl halides is 3. The first kappa shape index (κ1) is 20.7. The largest absolute Gasteiger partial charge is 0.464 e. The normalized spacial score (nSPS) is 13.4. The van der Waals surface area contributed by atoms with E-state index in [-0.39, 0.29) is 11.4 Å². The zero-order valence-corrected chi connectivity index (χ0v) is 15.9. The molecule has 0 saturated carbocycles. The molecule has 1 amide bonds. The van der Waals surface area contributed by atoms with E-state index in [4.69, 9.17) is 0 Å². The number of ether oxygens (including phenoxy) is 1. The van der Waals surface area contributed by atoms with E-state index >= 15 is 0 Å². The van der Waals surface area contributed by atoms with Crippen LogP contribution in [-0.2, 0) is 9.53 Å². The van der Waals surface area contributed by atoms with E-state index in [2.05, 4.69) is 25.7 Å². The molecule has 27 heavy (non-hydrogen) atoms. The van der Waals surface area contributed by atoms with Crippen LogP contribution in [-0.4, -0.2) is 30.8 Å². The number of carbonyl (C=O) groups is 2. The van der Waals surface area contributed by atoms with Crippen molar-refractivity contribution in [3.8, 4) is 0 Å². The number of nitrogens with one attached hydrogen (secondary N) is 3. The van der Waals surface area contributed by atoms with Crippen molar-refractivity contribution in [3.63, 3.8) is 0 Å². The number of halogens is 4. The molecule has 2 aromatic rings. The lowest BCUT2D eigenvalue weighted by Crippen LogP contribution is -2.69. The van der Waals surface area contributed by atoms with E-state index < -0.39 is 23.7 Å². The van der Waals surface area contributed by atoms with E-state index in [0.717, 1.165) is 12.7 Å². The van der Waals surface area contributed by atoms with Gasteiger partial charge in [0.1, 0.15) is 6.20 Å². The van der Waals surface area contributed by atoms with Gasteiger partial charge in [-0.15, -0.1) is 0 Å². The van der Waals surface area contributed by atoms with Crippen molar-refractivity contribution in [2.45, 2.75) is 18.8 Å². The number of rotatable bonds is 5. The van der Waals surface area contributed by atoms with Gasteiger partial charge in [0, 0.05) is 11.6 Å². The molecule has 1 aromatic carbocycles. The second kappa shape index (κ2) is 7.95. The highest BCUT2D eigenvalue weighted by molar-refractivity contribution is 9.10. The minimum absolute atomic E-state index is 0.0419. The number of carbonyl (C=O) groups excluding carboxylic acids is 2. The monoisotopic (exact) mass is 446 g/mol. The summed E-state index contributed by atoms with van der Waals surface area (Å²) in [6, 6.07) is 8.57. The van der Waals surface area contributed by atoms with Crippen molar-refractivity contribution in [2.24, 2.45) is 0 Å². The zero-order valence-electron chi connectivity index (χ0n) is 14.3. The lowest BCUT2D eigenvalue weighted by atomic mass is 10.1. The summed E-state index contributed by atoms with van der Waals surface area (Å²) in [4.78, 5) is 27.1. The molecular weight excluding hydrogens is 431 g/mol. The Morgan fingerprint density at radius 2 is 1.74 bits per heavy atom. The Morgan fingerprint density at radius 3 is 2.22 bits per heavy atom. The third-order valence-corrected chi connectivity index (χ3v) is 4.12. The predicted molar refractivity (Wildman–Crippen MR) is 93.8 cm³/mol. The van der Waals surface area contributed by atoms with Crippen LogP contribution in [0.1, 0.15) is 15.9 Å². The molecule has 0 saturated heterocycles. The molecule has 0 spiro atoms. The summed E-state index contributed by atoms with van der Waals surface area (Å²) in [6.45, 7) is 1.76. The highest BCUT2D eigenvalue weighted by atomic mass is 79.9. The molecule has 2 rings (SSSR count). The van der Waals surface area contributed by atoms with Gasteiger partial charge in [-0.2, -0.15) is 13.2 Å². The van der Waals surface area contributed by atoms with Crippen LogP contribution in [0.4, 0.5) is 19.0 Å². The minimum Gasteiger partial charge on any atom is -0.464 e. The number of methoxy groups -OCH3 is 1. The number of aromatic amines is 1. The number of hydrogen-bond acceptors (Lipinski definition) is 4. The van der Waals surface area contributed by atoms with Gasteiger partial charge in [0.25, 0.3) is 11.7 Å². The van der Waals surface area contributed by atoms with Crippen molar-refractivity contribution in [2.75, 3.05) is 12.4 Å². The van der Waals surface area contributed by atoms with Gasteiger partial charge in [0.2, 0.25) is 0 Å². The third kappa shape index (κ3) is 4.57. The highest BCUT2D eigenvalue weighted by Crippen LogP contribution is 2.32. The Labute approximate surface area is 161 Å². The quantitative estimate of drug-likeness (QED) is 0.546. The average Bonchev–Trinajstić information content (AvgIpc) is 2.61. The molecular formula is C17H16BrF3N3O3+. The second-order valence-electron chi connectivity index (χ2n) is 5.61. The van der Waals surface area contributed by atoms with E-state index in [1.54, 1.807) is 24.4 Å². The standard InChI is InChI=1S/C17H15BrF3N3O3/c1-10-3-5-11(6-4-10)14(25)24-16(15(26)27-2,17(19,20)21)23-13-8-7-12(18)9-22-13/h3-9H,1-2H3,(H,22,23)(H,24,25)/p+1/t16-/m0/s1. The number of benzene rings is 1. The number of anilines is 1. The number of H-pyrrole nitrogens is 1. The van der Waals surface area contributed by atoms with Gasteiger partial charge < -0.3 is 4.74 Å². The number of aromatic nitrogens is 1. The molecule has 0 bridgehead atoms. The van der Waals surface area contributed by atoms with Crippen molar-refractivity contribution in [3.05, 3.63) is 58.2 Å². The number of pyridine rings is 1. The summed E-state index contributed by atoms with van der Waals surface area (Å²) in [5.74, 6) is -2.97. The van der Waals surface area contributed by atoms with Crippen LogP contribution in [0, 0.1) is 6.92 Å². The molecule has 0 aliphatic carbocycles. The summed E-state index contributed by atoms with van der Waals surface area (Å²) < 4.78 is 46.7. The van der Waals surface area contributed by atoms with Gasteiger partial charge >= 0.3 is 17.8 Å². The Kier molecular flexibility index (Phi) is 6.09. The zero-order chi connectivity index (χ0) is 20.2. The topological polar surface area (TPSA) is 81.6 Å².